The van der Waals surface area contributed by atoms with Crippen LogP contribution in [0.5, 0.6) is 0 Å². The highest BCUT2D eigenvalue weighted by Gasteiger charge is 2.75. The summed E-state index contributed by atoms with van der Waals surface area (Å²) in [4.78, 5) is 11.6. The summed E-state index contributed by atoms with van der Waals surface area (Å²) in [5.74, 6) is -6.33. The van der Waals surface area contributed by atoms with Crippen LogP contribution < -0.4 is 0 Å². The van der Waals surface area contributed by atoms with E-state index in [1.54, 1.807) is 0 Å². The second kappa shape index (κ2) is 7.64. The second-order valence-corrected chi connectivity index (χ2v) is 7.32. The predicted molar refractivity (Wildman–Crippen MR) is 79.3 cm³/mol. The molecule has 13 heteroatoms. The molecule has 1 aliphatic rings. The van der Waals surface area contributed by atoms with Gasteiger partial charge in [0.05, 0.1) is 0 Å². The van der Waals surface area contributed by atoms with Crippen molar-refractivity contribution in [1.82, 2.24) is 0 Å². The SMILES string of the molecule is C=C(C)C(=O)OC1CC(C(C)(O)C(F)(F)F)CC(C(O)(C(F)(F)F)C(F)(F)F)C1. The maximum atomic E-state index is 13.2. The van der Waals surface area contributed by atoms with Gasteiger partial charge in [-0.1, -0.05) is 6.58 Å². The van der Waals surface area contributed by atoms with Crippen molar-refractivity contribution in [2.45, 2.75) is 68.9 Å². The molecule has 0 amide bonds. The Labute approximate surface area is 159 Å². The van der Waals surface area contributed by atoms with Gasteiger partial charge in [-0.25, -0.2) is 4.79 Å². The highest BCUT2D eigenvalue weighted by Crippen LogP contribution is 2.55. The molecule has 29 heavy (non-hydrogen) atoms. The van der Waals surface area contributed by atoms with Crippen LogP contribution in [0.3, 0.4) is 0 Å². The third-order valence-corrected chi connectivity index (χ3v) is 5.11. The molecule has 1 fully saturated rings. The van der Waals surface area contributed by atoms with Gasteiger partial charge in [-0.05, 0) is 33.1 Å². The molecular weight excluding hydrogens is 427 g/mol. The first kappa shape index (κ1) is 25.5. The monoisotopic (exact) mass is 446 g/mol. The van der Waals surface area contributed by atoms with Crippen molar-refractivity contribution in [3.05, 3.63) is 12.2 Å². The normalized spacial score (nSPS) is 26.6. The molecule has 0 radical (unpaired) electrons. The van der Waals surface area contributed by atoms with Crippen LogP contribution in [0.1, 0.15) is 33.1 Å². The van der Waals surface area contributed by atoms with Crippen LogP contribution in [0.4, 0.5) is 39.5 Å². The number of halogens is 9. The van der Waals surface area contributed by atoms with E-state index in [2.05, 4.69) is 11.3 Å². The zero-order valence-corrected chi connectivity index (χ0v) is 15.2. The molecule has 1 aliphatic carbocycles. The third kappa shape index (κ3) is 4.81. The minimum atomic E-state index is -6.29. The number of aliphatic hydroxyl groups is 2. The molecule has 0 aromatic carbocycles. The highest BCUT2D eigenvalue weighted by atomic mass is 19.4. The van der Waals surface area contributed by atoms with E-state index in [-0.39, 0.29) is 12.5 Å². The van der Waals surface area contributed by atoms with Crippen molar-refractivity contribution in [3.8, 4) is 0 Å². The standard InChI is InChI=1S/C16H19F9O4/c1-7(2)11(26)29-10-5-8(12(3,27)14(17,18)19)4-9(6-10)13(28,15(20,21)22)16(23,24)25/h8-10,27-28H,1,4-6H2,2-3H3. The smallest absolute Gasteiger partial charge is 0.426 e. The lowest BCUT2D eigenvalue weighted by Crippen LogP contribution is -2.64. The fourth-order valence-corrected chi connectivity index (χ4v) is 3.27. The lowest BCUT2D eigenvalue weighted by Gasteiger charge is -2.47. The van der Waals surface area contributed by atoms with Gasteiger partial charge in [-0.15, -0.1) is 0 Å². The zero-order valence-electron chi connectivity index (χ0n) is 15.2. The minimum absolute atomic E-state index is 0.192. The molecule has 4 atom stereocenters. The summed E-state index contributed by atoms with van der Waals surface area (Å²) in [6.45, 7) is 4.46. The van der Waals surface area contributed by atoms with Gasteiger partial charge in [0.1, 0.15) is 6.10 Å². The van der Waals surface area contributed by atoms with Gasteiger partial charge >= 0.3 is 24.5 Å². The molecule has 0 aliphatic heterocycles. The van der Waals surface area contributed by atoms with Crippen LogP contribution in [0.25, 0.3) is 0 Å². The second-order valence-electron chi connectivity index (χ2n) is 7.32. The Hall–Kier alpha value is -1.50. The average molecular weight is 446 g/mol. The van der Waals surface area contributed by atoms with E-state index in [0.717, 1.165) is 6.92 Å². The lowest BCUT2D eigenvalue weighted by atomic mass is 9.66. The molecule has 0 bridgehead atoms. The molecule has 1 saturated carbocycles. The molecule has 0 aromatic rings. The quantitative estimate of drug-likeness (QED) is 0.389. The summed E-state index contributed by atoms with van der Waals surface area (Å²) in [6.07, 6.45) is -23.4. The van der Waals surface area contributed by atoms with E-state index >= 15 is 0 Å². The molecule has 0 heterocycles. The van der Waals surface area contributed by atoms with Crippen LogP contribution in [0.2, 0.25) is 0 Å². The van der Waals surface area contributed by atoms with Gasteiger partial charge in [0.25, 0.3) is 5.60 Å². The highest BCUT2D eigenvalue weighted by molar-refractivity contribution is 5.87. The molecule has 4 nitrogen and oxygen atoms in total. The summed E-state index contributed by atoms with van der Waals surface area (Å²) < 4.78 is 123. The number of esters is 1. The maximum Gasteiger partial charge on any atom is 0.426 e. The average Bonchev–Trinajstić information content (AvgIpc) is 2.50. The summed E-state index contributed by atoms with van der Waals surface area (Å²) in [7, 11) is 0. The molecule has 0 spiro atoms. The van der Waals surface area contributed by atoms with E-state index in [1.165, 1.54) is 0 Å². The van der Waals surface area contributed by atoms with Gasteiger partial charge in [0, 0.05) is 17.4 Å². The number of alkyl halides is 9. The first-order chi connectivity index (χ1) is 12.7. The number of ether oxygens (including phenoxy) is 1. The third-order valence-electron chi connectivity index (χ3n) is 5.11. The Morgan fingerprint density at radius 1 is 0.862 bits per heavy atom. The molecule has 0 saturated heterocycles. The number of hydrogen-bond acceptors (Lipinski definition) is 4. The van der Waals surface area contributed by atoms with Gasteiger partial charge in [-0.3, -0.25) is 0 Å². The molecule has 170 valence electrons. The summed E-state index contributed by atoms with van der Waals surface area (Å²) in [5.41, 5.74) is -9.36. The van der Waals surface area contributed by atoms with E-state index in [4.69, 9.17) is 0 Å². The lowest BCUT2D eigenvalue weighted by molar-refractivity contribution is -0.391. The Bertz CT molecular complexity index is 620. The summed E-state index contributed by atoms with van der Waals surface area (Å²) in [5, 5.41) is 19.4. The minimum Gasteiger partial charge on any atom is -0.459 e. The summed E-state index contributed by atoms with van der Waals surface area (Å²) in [6, 6.07) is 0. The molecular formula is C16H19F9O4. The number of carbonyl (C=O) groups excluding carboxylic acids is 1. The Morgan fingerprint density at radius 3 is 1.62 bits per heavy atom. The van der Waals surface area contributed by atoms with Gasteiger partial charge in [0.2, 0.25) is 0 Å². The van der Waals surface area contributed by atoms with Crippen LogP contribution in [-0.4, -0.2) is 52.0 Å². The van der Waals surface area contributed by atoms with Crippen LogP contribution in [0, 0.1) is 11.8 Å². The Balaban J connectivity index is 3.46. The van der Waals surface area contributed by atoms with Crippen LogP contribution in [-0.2, 0) is 9.53 Å². The molecule has 1 rings (SSSR count). The van der Waals surface area contributed by atoms with E-state index in [9.17, 15) is 54.5 Å². The first-order valence-electron chi connectivity index (χ1n) is 8.17. The first-order valence-corrected chi connectivity index (χ1v) is 8.17. The maximum absolute atomic E-state index is 13.2. The van der Waals surface area contributed by atoms with E-state index in [0.29, 0.717) is 0 Å². The van der Waals surface area contributed by atoms with Gasteiger partial charge < -0.3 is 14.9 Å². The molecule has 0 aromatic heterocycles. The fraction of sp³-hybridized carbons (Fsp3) is 0.812. The van der Waals surface area contributed by atoms with Crippen molar-refractivity contribution in [3.63, 3.8) is 0 Å². The number of carbonyl (C=O) groups is 1. The van der Waals surface area contributed by atoms with Crippen LogP contribution in [0.15, 0.2) is 12.2 Å². The van der Waals surface area contributed by atoms with Crippen molar-refractivity contribution in [2.24, 2.45) is 11.8 Å². The predicted octanol–water partition coefficient (Wildman–Crippen LogP) is 4.06. The fourth-order valence-electron chi connectivity index (χ4n) is 3.27. The van der Waals surface area contributed by atoms with Crippen molar-refractivity contribution >= 4 is 5.97 Å². The number of hydrogen-bond donors (Lipinski definition) is 2. The van der Waals surface area contributed by atoms with E-state index in [1.807, 2.05) is 0 Å². The van der Waals surface area contributed by atoms with Crippen LogP contribution >= 0.6 is 0 Å². The van der Waals surface area contributed by atoms with E-state index < -0.39 is 72.9 Å². The van der Waals surface area contributed by atoms with Gasteiger partial charge in [0.15, 0.2) is 5.60 Å². The zero-order chi connectivity index (χ0) is 23.2. The Morgan fingerprint density at radius 2 is 1.28 bits per heavy atom. The van der Waals surface area contributed by atoms with Gasteiger partial charge in [-0.2, -0.15) is 39.5 Å². The van der Waals surface area contributed by atoms with Crippen molar-refractivity contribution in [1.29, 1.82) is 0 Å². The largest absolute Gasteiger partial charge is 0.459 e. The molecule has 2 N–H and O–H groups in total. The number of rotatable bonds is 4. The topological polar surface area (TPSA) is 66.8 Å². The Kier molecular flexibility index (Phi) is 6.73. The summed E-state index contributed by atoms with van der Waals surface area (Å²) >= 11 is 0. The van der Waals surface area contributed by atoms with Crippen molar-refractivity contribution < 1.29 is 59.3 Å². The molecule has 4 unspecified atom stereocenters. The van der Waals surface area contributed by atoms with Crippen molar-refractivity contribution in [2.75, 3.05) is 0 Å².